The highest BCUT2D eigenvalue weighted by Gasteiger charge is 2.14. The first-order valence-electron chi connectivity index (χ1n) is 7.77. The van der Waals surface area contributed by atoms with E-state index in [0.29, 0.717) is 16.5 Å². The fraction of sp³-hybridized carbons (Fsp3) is 0.105. The van der Waals surface area contributed by atoms with Crippen molar-refractivity contribution in [2.45, 2.75) is 13.0 Å². The molecule has 2 aromatic carbocycles. The third-order valence-electron chi connectivity index (χ3n) is 3.66. The van der Waals surface area contributed by atoms with Crippen molar-refractivity contribution in [3.05, 3.63) is 81.1 Å². The summed E-state index contributed by atoms with van der Waals surface area (Å²) >= 11 is 5.69. The number of esters is 1. The monoisotopic (exact) mass is 372 g/mol. The summed E-state index contributed by atoms with van der Waals surface area (Å²) in [6.45, 7) is 1.60. The van der Waals surface area contributed by atoms with Crippen LogP contribution in [-0.2, 0) is 9.53 Å². The summed E-state index contributed by atoms with van der Waals surface area (Å²) in [4.78, 5) is 31.0. The van der Waals surface area contributed by atoms with Gasteiger partial charge in [0.05, 0.1) is 15.9 Å². The lowest BCUT2D eigenvalue weighted by Gasteiger charge is -2.11. The summed E-state index contributed by atoms with van der Waals surface area (Å²) in [5.41, 5.74) is 0.772. The Balaban J connectivity index is 1.74. The topological polar surface area (TPSA) is 72.0 Å². The van der Waals surface area contributed by atoms with Crippen molar-refractivity contribution in [1.82, 2.24) is 9.97 Å². The number of aromatic amines is 1. The Morgan fingerprint density at radius 3 is 2.85 bits per heavy atom. The van der Waals surface area contributed by atoms with Gasteiger partial charge in [0.1, 0.15) is 5.82 Å². The van der Waals surface area contributed by atoms with Crippen LogP contribution in [0.25, 0.3) is 17.0 Å². The van der Waals surface area contributed by atoms with Crippen molar-refractivity contribution in [3.8, 4) is 0 Å². The molecule has 0 radical (unpaired) electrons. The molecule has 1 N–H and O–H groups in total. The van der Waals surface area contributed by atoms with E-state index < -0.39 is 17.9 Å². The largest absolute Gasteiger partial charge is 0.451 e. The fourth-order valence-corrected chi connectivity index (χ4v) is 2.54. The summed E-state index contributed by atoms with van der Waals surface area (Å²) in [5, 5.41) is 0.426. The maximum Gasteiger partial charge on any atom is 0.331 e. The molecule has 0 aliphatic rings. The molecule has 0 aliphatic carbocycles. The number of nitrogens with zero attached hydrogens (tertiary/aromatic N) is 1. The summed E-state index contributed by atoms with van der Waals surface area (Å²) in [6.07, 6.45) is 1.90. The van der Waals surface area contributed by atoms with Gasteiger partial charge in [0, 0.05) is 6.08 Å². The number of ether oxygens (including phenoxy) is 1. The van der Waals surface area contributed by atoms with Gasteiger partial charge in [0.25, 0.3) is 5.56 Å². The molecular weight excluding hydrogens is 359 g/mol. The van der Waals surface area contributed by atoms with Crippen LogP contribution in [-0.4, -0.2) is 15.9 Å². The zero-order valence-electron chi connectivity index (χ0n) is 13.7. The van der Waals surface area contributed by atoms with Gasteiger partial charge in [-0.25, -0.2) is 14.2 Å². The van der Waals surface area contributed by atoms with Gasteiger partial charge in [-0.15, -0.1) is 0 Å². The Hall–Kier alpha value is -2.99. The first-order chi connectivity index (χ1) is 12.4. The lowest BCUT2D eigenvalue weighted by atomic mass is 10.2. The average molecular weight is 373 g/mol. The van der Waals surface area contributed by atoms with Crippen molar-refractivity contribution in [2.75, 3.05) is 0 Å². The van der Waals surface area contributed by atoms with Gasteiger partial charge < -0.3 is 9.72 Å². The second-order valence-corrected chi connectivity index (χ2v) is 5.96. The number of carbonyl (C=O) groups excluding carboxylic acids is 1. The van der Waals surface area contributed by atoms with Gasteiger partial charge in [-0.2, -0.15) is 0 Å². The summed E-state index contributed by atoms with van der Waals surface area (Å²) < 4.78 is 18.4. The van der Waals surface area contributed by atoms with Crippen LogP contribution in [0.15, 0.2) is 53.3 Å². The molecule has 0 fully saturated rings. The van der Waals surface area contributed by atoms with Crippen LogP contribution >= 0.6 is 11.6 Å². The highest BCUT2D eigenvalue weighted by atomic mass is 35.5. The van der Waals surface area contributed by atoms with E-state index in [1.807, 2.05) is 0 Å². The number of para-hydroxylation sites is 1. The molecular formula is C19H14ClFN2O3. The van der Waals surface area contributed by atoms with Crippen molar-refractivity contribution < 1.29 is 13.9 Å². The molecule has 0 bridgehead atoms. The molecule has 0 amide bonds. The lowest BCUT2D eigenvalue weighted by Crippen LogP contribution is -2.16. The SMILES string of the molecule is C[C@@H](OC(=O)/C=C/c1ccc(F)c(Cl)c1)c1nc2ccccc2c(=O)[nH]1. The number of rotatable bonds is 4. The number of hydrogen-bond donors (Lipinski definition) is 1. The fourth-order valence-electron chi connectivity index (χ4n) is 2.35. The molecule has 1 heterocycles. The minimum Gasteiger partial charge on any atom is -0.451 e. The summed E-state index contributed by atoms with van der Waals surface area (Å²) in [6, 6.07) is 11.0. The smallest absolute Gasteiger partial charge is 0.331 e. The minimum atomic E-state index is -0.749. The van der Waals surface area contributed by atoms with Crippen molar-refractivity contribution in [1.29, 1.82) is 0 Å². The Kier molecular flexibility index (Phi) is 5.14. The van der Waals surface area contributed by atoms with Crippen molar-refractivity contribution in [2.24, 2.45) is 0 Å². The number of carbonyl (C=O) groups is 1. The van der Waals surface area contributed by atoms with Gasteiger partial charge in [-0.1, -0.05) is 29.8 Å². The van der Waals surface area contributed by atoms with Crippen LogP contribution < -0.4 is 5.56 Å². The second-order valence-electron chi connectivity index (χ2n) is 5.55. The normalized spacial score (nSPS) is 12.4. The van der Waals surface area contributed by atoms with Crippen LogP contribution in [0.4, 0.5) is 4.39 Å². The van der Waals surface area contributed by atoms with Crippen molar-refractivity contribution in [3.63, 3.8) is 0 Å². The molecule has 0 aliphatic heterocycles. The van der Waals surface area contributed by atoms with Gasteiger partial charge in [0.2, 0.25) is 0 Å². The third kappa shape index (κ3) is 3.97. The molecule has 0 spiro atoms. The van der Waals surface area contributed by atoms with E-state index in [2.05, 4.69) is 9.97 Å². The molecule has 0 saturated heterocycles. The third-order valence-corrected chi connectivity index (χ3v) is 3.95. The minimum absolute atomic E-state index is 0.0353. The molecule has 1 aromatic heterocycles. The van der Waals surface area contributed by atoms with E-state index in [0.717, 1.165) is 0 Å². The van der Waals surface area contributed by atoms with E-state index in [1.54, 1.807) is 31.2 Å². The predicted molar refractivity (Wildman–Crippen MR) is 97.3 cm³/mol. The van der Waals surface area contributed by atoms with E-state index in [9.17, 15) is 14.0 Å². The number of aromatic nitrogens is 2. The zero-order valence-corrected chi connectivity index (χ0v) is 14.5. The van der Waals surface area contributed by atoms with Crippen LogP contribution in [0.2, 0.25) is 5.02 Å². The average Bonchev–Trinajstić information content (AvgIpc) is 2.62. The number of nitrogens with one attached hydrogen (secondary N) is 1. The van der Waals surface area contributed by atoms with E-state index in [-0.39, 0.29) is 16.4 Å². The highest BCUT2D eigenvalue weighted by Crippen LogP contribution is 2.18. The number of hydrogen-bond acceptors (Lipinski definition) is 4. The molecule has 5 nitrogen and oxygen atoms in total. The van der Waals surface area contributed by atoms with E-state index in [1.165, 1.54) is 30.4 Å². The Morgan fingerprint density at radius 1 is 1.31 bits per heavy atom. The lowest BCUT2D eigenvalue weighted by molar-refractivity contribution is -0.142. The van der Waals surface area contributed by atoms with Gasteiger partial charge >= 0.3 is 5.97 Å². The van der Waals surface area contributed by atoms with Crippen LogP contribution in [0.3, 0.4) is 0 Å². The standard InChI is InChI=1S/C19H14ClFN2O3/c1-11(18-22-16-5-3-2-4-13(16)19(25)23-18)26-17(24)9-7-12-6-8-15(21)14(20)10-12/h2-11H,1H3,(H,22,23,25)/b9-7+/t11-/m1/s1. The van der Waals surface area contributed by atoms with Gasteiger partial charge in [0.15, 0.2) is 11.9 Å². The van der Waals surface area contributed by atoms with E-state index in [4.69, 9.17) is 16.3 Å². The quantitative estimate of drug-likeness (QED) is 0.554. The van der Waals surface area contributed by atoms with E-state index >= 15 is 0 Å². The Morgan fingerprint density at radius 2 is 2.08 bits per heavy atom. The van der Waals surface area contributed by atoms with Gasteiger partial charge in [-0.3, -0.25) is 4.79 Å². The summed E-state index contributed by atoms with van der Waals surface area (Å²) in [7, 11) is 0. The first-order valence-corrected chi connectivity index (χ1v) is 8.14. The number of benzene rings is 2. The Labute approximate surface area is 153 Å². The maximum atomic E-state index is 13.1. The van der Waals surface area contributed by atoms with Gasteiger partial charge in [-0.05, 0) is 42.8 Å². The maximum absolute atomic E-state index is 13.1. The van der Waals surface area contributed by atoms with Crippen LogP contribution in [0, 0.1) is 5.82 Å². The number of fused-ring (bicyclic) bond motifs is 1. The molecule has 3 aromatic rings. The molecule has 3 rings (SSSR count). The predicted octanol–water partition coefficient (Wildman–Crippen LogP) is 4.03. The second kappa shape index (κ2) is 7.49. The molecule has 0 saturated carbocycles. The number of H-pyrrole nitrogens is 1. The molecule has 1 atom stereocenters. The Bertz CT molecular complexity index is 1060. The highest BCUT2D eigenvalue weighted by molar-refractivity contribution is 6.30. The van der Waals surface area contributed by atoms with Crippen LogP contribution in [0.1, 0.15) is 24.4 Å². The molecule has 26 heavy (non-hydrogen) atoms. The molecule has 7 heteroatoms. The number of halogens is 2. The molecule has 132 valence electrons. The van der Waals surface area contributed by atoms with Crippen LogP contribution in [0.5, 0.6) is 0 Å². The summed E-state index contributed by atoms with van der Waals surface area (Å²) in [5.74, 6) is -0.916. The zero-order chi connectivity index (χ0) is 18.7. The first kappa shape index (κ1) is 17.8. The molecule has 0 unspecified atom stereocenters. The van der Waals surface area contributed by atoms with Crippen molar-refractivity contribution >= 4 is 34.5 Å².